The normalized spacial score (nSPS) is 39.3. The topological polar surface area (TPSA) is 55.4 Å². The Labute approximate surface area is 157 Å². The van der Waals surface area contributed by atoms with Crippen LogP contribution in [0.25, 0.3) is 0 Å². The minimum atomic E-state index is -0.275. The van der Waals surface area contributed by atoms with Crippen molar-refractivity contribution < 1.29 is 28.4 Å². The molecule has 3 aliphatic heterocycles. The van der Waals surface area contributed by atoms with Gasteiger partial charge in [-0.15, -0.1) is 0 Å². The van der Waals surface area contributed by atoms with Gasteiger partial charge in [-0.25, -0.2) is 0 Å². The molecule has 0 unspecified atom stereocenters. The van der Waals surface area contributed by atoms with Gasteiger partial charge in [-0.2, -0.15) is 0 Å². The van der Waals surface area contributed by atoms with Crippen LogP contribution in [-0.4, -0.2) is 58.5 Å². The summed E-state index contributed by atoms with van der Waals surface area (Å²) >= 11 is 0. The first-order chi connectivity index (χ1) is 12.8. The Bertz CT molecular complexity index is 405. The van der Waals surface area contributed by atoms with Crippen molar-refractivity contribution in [3.8, 4) is 0 Å². The molecule has 3 aliphatic rings. The van der Waals surface area contributed by atoms with E-state index in [2.05, 4.69) is 19.9 Å². The highest BCUT2D eigenvalue weighted by Gasteiger charge is 2.37. The predicted octanol–water partition coefficient (Wildman–Crippen LogP) is 3.11. The lowest BCUT2D eigenvalue weighted by atomic mass is 10.0. The number of hydrogen-bond donors (Lipinski definition) is 0. The van der Waals surface area contributed by atoms with E-state index in [1.807, 2.05) is 6.08 Å². The third-order valence-electron chi connectivity index (χ3n) is 5.11. The zero-order chi connectivity index (χ0) is 18.2. The summed E-state index contributed by atoms with van der Waals surface area (Å²) in [5.74, 6) is 0.753. The molecule has 0 aromatic heterocycles. The third kappa shape index (κ3) is 5.75. The van der Waals surface area contributed by atoms with Crippen LogP contribution in [0.5, 0.6) is 0 Å². The summed E-state index contributed by atoms with van der Waals surface area (Å²) in [4.78, 5) is 0. The first kappa shape index (κ1) is 20.2. The highest BCUT2D eigenvalue weighted by molar-refractivity contribution is 4.87. The molecule has 6 heteroatoms. The molecule has 0 radical (unpaired) electrons. The summed E-state index contributed by atoms with van der Waals surface area (Å²) in [5, 5.41) is 0. The Morgan fingerprint density at radius 3 is 1.77 bits per heavy atom. The molecular formula is C20H34O6. The van der Waals surface area contributed by atoms with Crippen molar-refractivity contribution in [2.45, 2.75) is 58.4 Å². The highest BCUT2D eigenvalue weighted by Crippen LogP contribution is 2.27. The van der Waals surface area contributed by atoms with Crippen molar-refractivity contribution in [2.75, 3.05) is 39.6 Å². The van der Waals surface area contributed by atoms with Crippen LogP contribution in [0, 0.1) is 17.8 Å². The van der Waals surface area contributed by atoms with Gasteiger partial charge in [0.15, 0.2) is 18.9 Å². The summed E-state index contributed by atoms with van der Waals surface area (Å²) in [6.45, 7) is 8.25. The average Bonchev–Trinajstić information content (AvgIpc) is 2.70. The summed E-state index contributed by atoms with van der Waals surface area (Å²) in [6, 6.07) is 0. The third-order valence-corrected chi connectivity index (χ3v) is 5.11. The molecule has 3 heterocycles. The minimum Gasteiger partial charge on any atom is -0.352 e. The monoisotopic (exact) mass is 370 g/mol. The molecule has 0 atom stereocenters. The standard InChI is InChI=1S/C20H34O6/c1-3-5-6-8-18-21-11-16(12-22-18)20-25-13-17(14-26-20)19-23-9-15(7-4-2)10-24-19/h6,8,15-20H,3-5,7,9-14H2,1-2H3/b8-6+. The van der Waals surface area contributed by atoms with Gasteiger partial charge in [-0.3, -0.25) is 0 Å². The maximum atomic E-state index is 5.93. The molecule has 3 rings (SSSR count). The smallest absolute Gasteiger partial charge is 0.176 e. The number of ether oxygens (including phenoxy) is 6. The van der Waals surface area contributed by atoms with E-state index in [0.717, 1.165) is 32.5 Å². The van der Waals surface area contributed by atoms with E-state index in [4.69, 9.17) is 28.4 Å². The van der Waals surface area contributed by atoms with E-state index >= 15 is 0 Å². The largest absolute Gasteiger partial charge is 0.352 e. The molecule has 150 valence electrons. The van der Waals surface area contributed by atoms with E-state index in [1.54, 1.807) is 0 Å². The van der Waals surface area contributed by atoms with Gasteiger partial charge in [0.05, 0.1) is 51.5 Å². The Morgan fingerprint density at radius 1 is 0.692 bits per heavy atom. The van der Waals surface area contributed by atoms with E-state index in [0.29, 0.717) is 32.3 Å². The van der Waals surface area contributed by atoms with Crippen LogP contribution < -0.4 is 0 Å². The van der Waals surface area contributed by atoms with Crippen molar-refractivity contribution >= 4 is 0 Å². The van der Waals surface area contributed by atoms with Crippen LogP contribution in [0.3, 0.4) is 0 Å². The molecule has 0 aliphatic carbocycles. The molecule has 6 nitrogen and oxygen atoms in total. The molecular weight excluding hydrogens is 336 g/mol. The molecule has 0 N–H and O–H groups in total. The van der Waals surface area contributed by atoms with E-state index < -0.39 is 0 Å². The van der Waals surface area contributed by atoms with Crippen LogP contribution in [0.1, 0.15) is 39.5 Å². The summed E-state index contributed by atoms with van der Waals surface area (Å²) in [7, 11) is 0. The maximum absolute atomic E-state index is 5.93. The first-order valence-electron chi connectivity index (χ1n) is 10.2. The zero-order valence-electron chi connectivity index (χ0n) is 16.1. The first-order valence-corrected chi connectivity index (χ1v) is 10.2. The lowest BCUT2D eigenvalue weighted by Crippen LogP contribution is -2.48. The van der Waals surface area contributed by atoms with Gasteiger partial charge in [0.25, 0.3) is 0 Å². The number of rotatable bonds is 7. The van der Waals surface area contributed by atoms with E-state index in [-0.39, 0.29) is 30.7 Å². The second-order valence-electron chi connectivity index (χ2n) is 7.50. The number of unbranched alkanes of at least 4 members (excludes halogenated alkanes) is 1. The molecule has 3 fully saturated rings. The highest BCUT2D eigenvalue weighted by atomic mass is 16.7. The summed E-state index contributed by atoms with van der Waals surface area (Å²) in [5.41, 5.74) is 0. The second kappa shape index (κ2) is 10.7. The summed E-state index contributed by atoms with van der Waals surface area (Å²) in [6.07, 6.45) is 7.87. The molecule has 0 aromatic carbocycles. The molecule has 26 heavy (non-hydrogen) atoms. The fourth-order valence-corrected chi connectivity index (χ4v) is 3.54. The van der Waals surface area contributed by atoms with Gasteiger partial charge in [0, 0.05) is 5.92 Å². The molecule has 3 saturated heterocycles. The average molecular weight is 370 g/mol. The van der Waals surface area contributed by atoms with Crippen LogP contribution in [-0.2, 0) is 28.4 Å². The molecule has 0 aromatic rings. The Balaban J connectivity index is 1.34. The van der Waals surface area contributed by atoms with Gasteiger partial charge >= 0.3 is 0 Å². The molecule has 0 saturated carbocycles. The SMILES string of the molecule is CCC/C=C/C1OCC(C2OCC(C3OCC(CCC)CO3)CO2)CO1. The second-order valence-corrected chi connectivity index (χ2v) is 7.50. The van der Waals surface area contributed by atoms with E-state index in [1.165, 1.54) is 6.42 Å². The van der Waals surface area contributed by atoms with Crippen molar-refractivity contribution in [2.24, 2.45) is 17.8 Å². The fraction of sp³-hybridized carbons (Fsp3) is 0.900. The Kier molecular flexibility index (Phi) is 8.36. The van der Waals surface area contributed by atoms with Gasteiger partial charge in [0.2, 0.25) is 0 Å². The Morgan fingerprint density at radius 2 is 1.23 bits per heavy atom. The van der Waals surface area contributed by atoms with E-state index in [9.17, 15) is 0 Å². The van der Waals surface area contributed by atoms with Crippen LogP contribution in [0.2, 0.25) is 0 Å². The van der Waals surface area contributed by atoms with Crippen LogP contribution in [0.4, 0.5) is 0 Å². The lowest BCUT2D eigenvalue weighted by molar-refractivity contribution is -0.306. The van der Waals surface area contributed by atoms with Gasteiger partial charge in [-0.1, -0.05) is 32.8 Å². The quantitative estimate of drug-likeness (QED) is 0.642. The number of hydrogen-bond acceptors (Lipinski definition) is 6. The summed E-state index contributed by atoms with van der Waals surface area (Å²) < 4.78 is 35.1. The van der Waals surface area contributed by atoms with Gasteiger partial charge < -0.3 is 28.4 Å². The fourth-order valence-electron chi connectivity index (χ4n) is 3.54. The van der Waals surface area contributed by atoms with Crippen LogP contribution in [0.15, 0.2) is 12.2 Å². The lowest BCUT2D eigenvalue weighted by Gasteiger charge is -2.40. The zero-order valence-corrected chi connectivity index (χ0v) is 16.1. The molecule has 0 spiro atoms. The van der Waals surface area contributed by atoms with Crippen LogP contribution >= 0.6 is 0 Å². The van der Waals surface area contributed by atoms with Gasteiger partial charge in [0.1, 0.15) is 0 Å². The minimum absolute atomic E-state index is 0.105. The molecule has 0 amide bonds. The number of allylic oxidation sites excluding steroid dienone is 1. The predicted molar refractivity (Wildman–Crippen MR) is 96.5 cm³/mol. The Hall–Kier alpha value is -0.500. The van der Waals surface area contributed by atoms with Crippen molar-refractivity contribution in [3.63, 3.8) is 0 Å². The van der Waals surface area contributed by atoms with Gasteiger partial charge in [-0.05, 0) is 18.9 Å². The maximum Gasteiger partial charge on any atom is 0.176 e. The van der Waals surface area contributed by atoms with Crippen molar-refractivity contribution in [1.82, 2.24) is 0 Å². The molecule has 0 bridgehead atoms. The van der Waals surface area contributed by atoms with Crippen molar-refractivity contribution in [1.29, 1.82) is 0 Å². The van der Waals surface area contributed by atoms with Crippen molar-refractivity contribution in [3.05, 3.63) is 12.2 Å².